The number of benzene rings is 1. The predicted molar refractivity (Wildman–Crippen MR) is 98.7 cm³/mol. The third kappa shape index (κ3) is 4.20. The number of aromatic amines is 1. The Labute approximate surface area is 152 Å². The molecule has 1 aromatic carbocycles. The first kappa shape index (κ1) is 19.4. The molecule has 1 amide bonds. The molecular formula is C20H24N2O4. The number of hydrogen-bond acceptors (Lipinski definition) is 4. The Balaban J connectivity index is 2.00. The summed E-state index contributed by atoms with van der Waals surface area (Å²) in [6.45, 7) is 5.69. The lowest BCUT2D eigenvalue weighted by molar-refractivity contribution is 0.0600. The number of methoxy groups -OCH3 is 1. The Morgan fingerprint density at radius 2 is 1.81 bits per heavy atom. The second-order valence-corrected chi connectivity index (χ2v) is 6.08. The Morgan fingerprint density at radius 1 is 1.15 bits per heavy atom. The van der Waals surface area contributed by atoms with Gasteiger partial charge in [-0.3, -0.25) is 9.59 Å². The van der Waals surface area contributed by atoms with E-state index in [1.165, 1.54) is 14.0 Å². The minimum Gasteiger partial charge on any atom is -0.465 e. The van der Waals surface area contributed by atoms with E-state index in [2.05, 4.69) is 15.0 Å². The number of rotatable bonds is 7. The fourth-order valence-corrected chi connectivity index (χ4v) is 3.03. The van der Waals surface area contributed by atoms with Crippen molar-refractivity contribution in [3.8, 4) is 0 Å². The van der Waals surface area contributed by atoms with E-state index in [1.54, 1.807) is 19.1 Å². The number of Topliss-reactive ketones (excluding diaryl/α,β-unsaturated/α-hetero) is 1. The predicted octanol–water partition coefficient (Wildman–Crippen LogP) is 2.85. The van der Waals surface area contributed by atoms with Crippen LogP contribution in [0.5, 0.6) is 0 Å². The number of ether oxygens (including phenoxy) is 1. The van der Waals surface area contributed by atoms with E-state index in [1.807, 2.05) is 19.1 Å². The van der Waals surface area contributed by atoms with Crippen molar-refractivity contribution in [2.24, 2.45) is 0 Å². The number of esters is 1. The van der Waals surface area contributed by atoms with Crippen molar-refractivity contribution in [1.82, 2.24) is 10.3 Å². The summed E-state index contributed by atoms with van der Waals surface area (Å²) in [5.41, 5.74) is 4.03. The van der Waals surface area contributed by atoms with E-state index in [-0.39, 0.29) is 17.7 Å². The zero-order valence-corrected chi connectivity index (χ0v) is 15.6. The molecule has 0 spiro atoms. The van der Waals surface area contributed by atoms with Crippen LogP contribution in [0.1, 0.15) is 61.9 Å². The zero-order valence-electron chi connectivity index (χ0n) is 15.6. The van der Waals surface area contributed by atoms with E-state index in [9.17, 15) is 14.4 Å². The molecule has 0 aliphatic rings. The Kier molecular flexibility index (Phi) is 6.33. The second-order valence-electron chi connectivity index (χ2n) is 6.08. The normalized spacial score (nSPS) is 10.5. The number of hydrogen-bond donors (Lipinski definition) is 2. The molecule has 6 nitrogen and oxygen atoms in total. The molecule has 2 N–H and O–H groups in total. The average Bonchev–Trinajstić information content (AvgIpc) is 2.98. The van der Waals surface area contributed by atoms with Crippen LogP contribution in [-0.2, 0) is 17.6 Å². The lowest BCUT2D eigenvalue weighted by Gasteiger charge is -2.07. The monoisotopic (exact) mass is 356 g/mol. The van der Waals surface area contributed by atoms with E-state index in [4.69, 9.17) is 0 Å². The molecule has 1 heterocycles. The third-order valence-electron chi connectivity index (χ3n) is 4.30. The van der Waals surface area contributed by atoms with Gasteiger partial charge in [-0.05, 0) is 49.9 Å². The quantitative estimate of drug-likeness (QED) is 0.590. The first-order valence-electron chi connectivity index (χ1n) is 8.56. The molecule has 0 atom stereocenters. The summed E-state index contributed by atoms with van der Waals surface area (Å²) in [6, 6.07) is 7.07. The molecule has 0 unspecified atom stereocenters. The molecule has 6 heteroatoms. The Bertz CT molecular complexity index is 819. The molecule has 0 saturated heterocycles. The van der Waals surface area contributed by atoms with Crippen LogP contribution in [0.25, 0.3) is 0 Å². The van der Waals surface area contributed by atoms with E-state index in [0.717, 1.165) is 16.8 Å². The topological polar surface area (TPSA) is 88.3 Å². The van der Waals surface area contributed by atoms with Crippen LogP contribution in [-0.4, -0.2) is 36.3 Å². The fraction of sp³-hybridized carbons (Fsp3) is 0.350. The zero-order chi connectivity index (χ0) is 19.3. The highest BCUT2D eigenvalue weighted by molar-refractivity contribution is 6.02. The first-order valence-corrected chi connectivity index (χ1v) is 8.56. The highest BCUT2D eigenvalue weighted by Gasteiger charge is 2.21. The minimum absolute atomic E-state index is 0.0413. The summed E-state index contributed by atoms with van der Waals surface area (Å²) in [4.78, 5) is 38.7. The van der Waals surface area contributed by atoms with Gasteiger partial charge in [0.05, 0.1) is 12.7 Å². The number of H-pyrrole nitrogens is 1. The van der Waals surface area contributed by atoms with Crippen molar-refractivity contribution in [1.29, 1.82) is 0 Å². The number of ketones is 1. The van der Waals surface area contributed by atoms with Crippen LogP contribution in [0.3, 0.4) is 0 Å². The maximum atomic E-state index is 12.5. The van der Waals surface area contributed by atoms with Crippen LogP contribution >= 0.6 is 0 Å². The van der Waals surface area contributed by atoms with Gasteiger partial charge in [-0.25, -0.2) is 4.79 Å². The van der Waals surface area contributed by atoms with Gasteiger partial charge in [-0.15, -0.1) is 0 Å². The highest BCUT2D eigenvalue weighted by Crippen LogP contribution is 2.20. The van der Waals surface area contributed by atoms with E-state index < -0.39 is 0 Å². The third-order valence-corrected chi connectivity index (χ3v) is 4.30. The van der Waals surface area contributed by atoms with Crippen LogP contribution in [0.2, 0.25) is 0 Å². The molecule has 0 bridgehead atoms. The maximum Gasteiger partial charge on any atom is 0.337 e. The molecule has 0 radical (unpaired) electrons. The largest absolute Gasteiger partial charge is 0.465 e. The molecule has 138 valence electrons. The number of carbonyl (C=O) groups excluding carboxylic acids is 3. The van der Waals surface area contributed by atoms with Gasteiger partial charge in [0.25, 0.3) is 5.91 Å². The van der Waals surface area contributed by atoms with Crippen LogP contribution in [0, 0.1) is 6.92 Å². The Morgan fingerprint density at radius 3 is 2.35 bits per heavy atom. The van der Waals surface area contributed by atoms with Gasteiger partial charge in [0.2, 0.25) is 0 Å². The van der Waals surface area contributed by atoms with Gasteiger partial charge in [-0.2, -0.15) is 0 Å². The van der Waals surface area contributed by atoms with Gasteiger partial charge < -0.3 is 15.0 Å². The van der Waals surface area contributed by atoms with Crippen LogP contribution < -0.4 is 5.32 Å². The molecule has 0 aliphatic heterocycles. The molecule has 2 rings (SSSR count). The molecule has 0 aliphatic carbocycles. The number of carbonyl (C=O) groups is 3. The van der Waals surface area contributed by atoms with Gasteiger partial charge in [0.1, 0.15) is 5.69 Å². The van der Waals surface area contributed by atoms with Crippen LogP contribution in [0.15, 0.2) is 24.3 Å². The van der Waals surface area contributed by atoms with Crippen molar-refractivity contribution in [2.45, 2.75) is 33.6 Å². The smallest absolute Gasteiger partial charge is 0.337 e. The lowest BCUT2D eigenvalue weighted by atomic mass is 10.0. The van der Waals surface area contributed by atoms with Crippen molar-refractivity contribution in [3.05, 3.63) is 57.9 Å². The lowest BCUT2D eigenvalue weighted by Crippen LogP contribution is -2.27. The average molecular weight is 356 g/mol. The summed E-state index contributed by atoms with van der Waals surface area (Å²) in [5.74, 6) is -0.635. The summed E-state index contributed by atoms with van der Waals surface area (Å²) >= 11 is 0. The fourth-order valence-electron chi connectivity index (χ4n) is 3.03. The standard InChI is InChI=1S/C20H24N2O4/c1-5-16-17(13(3)23)12(2)22-18(16)19(24)21-11-10-14-6-8-15(9-7-14)20(25)26-4/h6-9,22H,5,10-11H2,1-4H3,(H,21,24). The van der Waals surface area contributed by atoms with Crippen LogP contribution in [0.4, 0.5) is 0 Å². The summed E-state index contributed by atoms with van der Waals surface area (Å²) in [6.07, 6.45) is 1.24. The van der Waals surface area contributed by atoms with Gasteiger partial charge in [0, 0.05) is 17.8 Å². The number of amides is 1. The van der Waals surface area contributed by atoms with Crippen molar-refractivity contribution in [2.75, 3.05) is 13.7 Å². The number of nitrogens with one attached hydrogen (secondary N) is 2. The van der Waals surface area contributed by atoms with Gasteiger partial charge in [0.15, 0.2) is 5.78 Å². The number of aromatic nitrogens is 1. The van der Waals surface area contributed by atoms with Crippen molar-refractivity contribution in [3.63, 3.8) is 0 Å². The maximum absolute atomic E-state index is 12.5. The van der Waals surface area contributed by atoms with E-state index in [0.29, 0.717) is 36.2 Å². The van der Waals surface area contributed by atoms with Gasteiger partial charge >= 0.3 is 5.97 Å². The summed E-state index contributed by atoms with van der Waals surface area (Å²) in [7, 11) is 1.34. The first-order chi connectivity index (χ1) is 12.4. The summed E-state index contributed by atoms with van der Waals surface area (Å²) < 4.78 is 4.66. The van der Waals surface area contributed by atoms with Crippen molar-refractivity contribution < 1.29 is 19.1 Å². The van der Waals surface area contributed by atoms with Crippen molar-refractivity contribution >= 4 is 17.7 Å². The minimum atomic E-state index is -0.375. The SMILES string of the molecule is CCc1c(C(=O)NCCc2ccc(C(=O)OC)cc2)[nH]c(C)c1C(C)=O. The molecule has 0 saturated carbocycles. The van der Waals surface area contributed by atoms with Gasteiger partial charge in [-0.1, -0.05) is 19.1 Å². The molecular weight excluding hydrogens is 332 g/mol. The molecule has 1 aromatic heterocycles. The highest BCUT2D eigenvalue weighted by atomic mass is 16.5. The summed E-state index contributed by atoms with van der Waals surface area (Å²) in [5, 5.41) is 2.88. The number of aryl methyl sites for hydroxylation is 1. The Hall–Kier alpha value is -2.89. The second kappa shape index (κ2) is 8.47. The molecule has 2 aromatic rings. The van der Waals surface area contributed by atoms with E-state index >= 15 is 0 Å². The molecule has 0 fully saturated rings. The molecule has 26 heavy (non-hydrogen) atoms.